The minimum Gasteiger partial charge on any atom is -0.287 e. The second-order valence-electron chi connectivity index (χ2n) is 2.46. The Bertz CT molecular complexity index is 370. The van der Waals surface area contributed by atoms with Crippen LogP contribution in [0, 0.1) is 0 Å². The number of alkyl halides is 2. The van der Waals surface area contributed by atoms with Crippen LogP contribution < -0.4 is 0 Å². The van der Waals surface area contributed by atoms with Crippen molar-refractivity contribution in [2.75, 3.05) is 0 Å². The fourth-order valence-electron chi connectivity index (χ4n) is 1.03. The van der Waals surface area contributed by atoms with Crippen molar-refractivity contribution >= 4 is 23.3 Å². The van der Waals surface area contributed by atoms with Crippen LogP contribution in [0.3, 0.4) is 0 Å². The number of halogens is 2. The molecule has 16 heavy (non-hydrogen) atoms. The van der Waals surface area contributed by atoms with E-state index in [-0.39, 0.29) is 10.5 Å². The van der Waals surface area contributed by atoms with Gasteiger partial charge in [-0.25, -0.2) is 0 Å². The number of carbonyl (C=O) groups is 2. The zero-order chi connectivity index (χ0) is 12.9. The van der Waals surface area contributed by atoms with E-state index >= 15 is 0 Å². The summed E-state index contributed by atoms with van der Waals surface area (Å²) in [6, 6.07) is 0. The Morgan fingerprint density at radius 1 is 1.19 bits per heavy atom. The van der Waals surface area contributed by atoms with Crippen LogP contribution in [0.25, 0.3) is 0 Å². The Morgan fingerprint density at radius 3 is 2.06 bits per heavy atom. The molecule has 0 radical (unpaired) electrons. The molecule has 2 nitrogen and oxygen atoms in total. The lowest BCUT2D eigenvalue weighted by atomic mass is 10.2. The average Bonchev–Trinajstić information content (AvgIpc) is 2.44. The first kappa shape index (κ1) is 14.8. The summed E-state index contributed by atoms with van der Waals surface area (Å²) in [5.41, 5.74) is -0.329. The molecule has 0 saturated heterocycles. The summed E-state index contributed by atoms with van der Waals surface area (Å²) >= 11 is 0.708. The summed E-state index contributed by atoms with van der Waals surface area (Å²) in [7, 11) is 0. The molecule has 0 heterocycles. The summed E-state index contributed by atoms with van der Waals surface area (Å²) < 4.78 is 25.8. The molecule has 1 aliphatic rings. The molecule has 0 fully saturated rings. The van der Waals surface area contributed by atoms with Gasteiger partial charge in [-0.3, -0.25) is 9.59 Å². The first-order chi connectivity index (χ1) is 7.46. The normalized spacial score (nSPS) is 18.0. The van der Waals surface area contributed by atoms with E-state index in [1.54, 1.807) is 0 Å². The Balaban J connectivity index is 0.00000106. The van der Waals surface area contributed by atoms with Crippen molar-refractivity contribution in [1.82, 2.24) is 0 Å². The maximum atomic E-state index is 12.9. The van der Waals surface area contributed by atoms with Gasteiger partial charge in [-0.15, -0.1) is 0 Å². The number of hydrogen-bond donors (Lipinski definition) is 0. The third-order valence-electron chi connectivity index (χ3n) is 1.67. The number of ketones is 2. The zero-order valence-electron chi connectivity index (χ0n) is 9.05. The van der Waals surface area contributed by atoms with E-state index in [0.717, 1.165) is 6.08 Å². The smallest absolute Gasteiger partial charge is 0.287 e. The van der Waals surface area contributed by atoms with Crippen LogP contribution >= 0.6 is 11.8 Å². The highest BCUT2D eigenvalue weighted by Gasteiger charge is 2.55. The van der Waals surface area contributed by atoms with Crippen LogP contribution in [-0.2, 0) is 9.59 Å². The maximum absolute atomic E-state index is 12.9. The lowest BCUT2D eigenvalue weighted by Crippen LogP contribution is -2.32. The highest BCUT2D eigenvalue weighted by molar-refractivity contribution is 8.06. The van der Waals surface area contributed by atoms with Crippen molar-refractivity contribution in [3.05, 3.63) is 35.1 Å². The summed E-state index contributed by atoms with van der Waals surface area (Å²) in [6.45, 7) is 10.5. The number of carbonyl (C=O) groups excluding carboxylic acids is 2. The molecule has 0 spiro atoms. The Labute approximate surface area is 97.1 Å². The van der Waals surface area contributed by atoms with Crippen LogP contribution in [0.15, 0.2) is 35.1 Å². The largest absolute Gasteiger partial charge is 0.371 e. The van der Waals surface area contributed by atoms with Crippen LogP contribution in [-0.4, -0.2) is 17.5 Å². The molecule has 0 aromatic carbocycles. The molecule has 88 valence electrons. The lowest BCUT2D eigenvalue weighted by Gasteiger charge is -2.03. The average molecular weight is 246 g/mol. The van der Waals surface area contributed by atoms with E-state index in [1.165, 1.54) is 5.41 Å². The van der Waals surface area contributed by atoms with Gasteiger partial charge in [-0.1, -0.05) is 44.8 Å². The van der Waals surface area contributed by atoms with Crippen LogP contribution in [0.4, 0.5) is 8.78 Å². The van der Waals surface area contributed by atoms with Crippen molar-refractivity contribution < 1.29 is 18.4 Å². The quantitative estimate of drug-likeness (QED) is 0.717. The molecule has 5 heteroatoms. The minimum atomic E-state index is -3.94. The standard InChI is InChI=1S/C9H6F2O2S.C2H6/c1-3-5-6(14-4-2)8(13)9(10,11)7(5)12;1-2/h3-4H,1-2H2;1-2H3. The van der Waals surface area contributed by atoms with Crippen molar-refractivity contribution in [2.45, 2.75) is 19.8 Å². The van der Waals surface area contributed by atoms with Crippen LogP contribution in [0.5, 0.6) is 0 Å². The third kappa shape index (κ3) is 2.29. The highest BCUT2D eigenvalue weighted by atomic mass is 32.2. The Kier molecular flexibility index (Phi) is 5.30. The van der Waals surface area contributed by atoms with E-state index in [1.807, 2.05) is 13.8 Å². The fraction of sp³-hybridized carbons (Fsp3) is 0.273. The molecule has 0 atom stereocenters. The fourth-order valence-corrected chi connectivity index (χ4v) is 1.73. The summed E-state index contributed by atoms with van der Waals surface area (Å²) in [5.74, 6) is -6.89. The second-order valence-corrected chi connectivity index (χ2v) is 3.44. The van der Waals surface area contributed by atoms with E-state index in [4.69, 9.17) is 0 Å². The molecule has 0 bridgehead atoms. The van der Waals surface area contributed by atoms with Crippen molar-refractivity contribution in [3.8, 4) is 0 Å². The van der Waals surface area contributed by atoms with Crippen molar-refractivity contribution in [1.29, 1.82) is 0 Å². The van der Waals surface area contributed by atoms with Gasteiger partial charge in [0.05, 0.1) is 4.91 Å². The van der Waals surface area contributed by atoms with Crippen molar-refractivity contribution in [2.24, 2.45) is 0 Å². The molecule has 1 aliphatic carbocycles. The number of allylic oxidation sites excluding steroid dienone is 3. The summed E-state index contributed by atoms with van der Waals surface area (Å²) in [4.78, 5) is 21.8. The van der Waals surface area contributed by atoms with Gasteiger partial charge in [0.2, 0.25) is 11.6 Å². The van der Waals surface area contributed by atoms with Crippen LogP contribution in [0.2, 0.25) is 0 Å². The van der Waals surface area contributed by atoms with Gasteiger partial charge in [-0.05, 0) is 5.41 Å². The molecular weight excluding hydrogens is 234 g/mol. The molecule has 0 aromatic heterocycles. The number of thioether (sulfide) groups is 1. The zero-order valence-corrected chi connectivity index (χ0v) is 9.87. The molecule has 0 N–H and O–H groups in total. The Hall–Kier alpha value is -1.23. The van der Waals surface area contributed by atoms with Gasteiger partial charge in [0, 0.05) is 5.57 Å². The first-order valence-corrected chi connectivity index (χ1v) is 5.46. The molecule has 0 saturated carbocycles. The maximum Gasteiger partial charge on any atom is 0.371 e. The number of hydrogen-bond acceptors (Lipinski definition) is 3. The molecule has 0 unspecified atom stereocenters. The number of rotatable bonds is 3. The van der Waals surface area contributed by atoms with Gasteiger partial charge in [0.25, 0.3) is 0 Å². The highest BCUT2D eigenvalue weighted by Crippen LogP contribution is 2.39. The molecule has 0 aromatic rings. The molecule has 0 aliphatic heterocycles. The van der Waals surface area contributed by atoms with E-state index in [0.29, 0.717) is 11.8 Å². The molecule has 0 amide bonds. The third-order valence-corrected chi connectivity index (χ3v) is 2.48. The SMILES string of the molecule is C=CSC1=C(C=C)C(=O)C(F)(F)C1=O.CC. The monoisotopic (exact) mass is 246 g/mol. The van der Waals surface area contributed by atoms with Crippen molar-refractivity contribution in [3.63, 3.8) is 0 Å². The summed E-state index contributed by atoms with van der Waals surface area (Å²) in [6.07, 6.45) is 0.965. The van der Waals surface area contributed by atoms with E-state index in [9.17, 15) is 18.4 Å². The molecule has 1 rings (SSSR count). The van der Waals surface area contributed by atoms with Gasteiger partial charge >= 0.3 is 5.92 Å². The topological polar surface area (TPSA) is 34.1 Å². The van der Waals surface area contributed by atoms with Gasteiger partial charge in [0.15, 0.2) is 0 Å². The predicted octanol–water partition coefficient (Wildman–Crippen LogP) is 3.12. The Morgan fingerprint density at radius 2 is 1.69 bits per heavy atom. The van der Waals surface area contributed by atoms with Gasteiger partial charge < -0.3 is 0 Å². The van der Waals surface area contributed by atoms with Gasteiger partial charge in [0.1, 0.15) is 0 Å². The van der Waals surface area contributed by atoms with E-state index < -0.39 is 17.5 Å². The van der Waals surface area contributed by atoms with E-state index in [2.05, 4.69) is 13.2 Å². The minimum absolute atomic E-state index is 0.287. The van der Waals surface area contributed by atoms with Crippen LogP contribution in [0.1, 0.15) is 13.8 Å². The lowest BCUT2D eigenvalue weighted by molar-refractivity contribution is -0.148. The summed E-state index contributed by atoms with van der Waals surface area (Å²) in [5, 5.41) is 1.21. The number of Topliss-reactive ketones (excluding diaryl/α,β-unsaturated/α-hetero) is 2. The van der Waals surface area contributed by atoms with Gasteiger partial charge in [-0.2, -0.15) is 8.78 Å². The molecular formula is C11H12F2O2S. The second kappa shape index (κ2) is 5.75. The first-order valence-electron chi connectivity index (χ1n) is 4.58. The predicted molar refractivity (Wildman–Crippen MR) is 61.3 cm³/mol.